The van der Waals surface area contributed by atoms with Gasteiger partial charge in [0.05, 0.1) is 16.2 Å². The summed E-state index contributed by atoms with van der Waals surface area (Å²) in [7, 11) is 0. The summed E-state index contributed by atoms with van der Waals surface area (Å²) >= 11 is 1.39. The van der Waals surface area contributed by atoms with Crippen LogP contribution >= 0.6 is 11.8 Å². The maximum Gasteiger partial charge on any atom is 0.262 e. The molecular weight excluding hydrogens is 346 g/mol. The number of carbonyl (C=O) groups is 1. The molecule has 1 fully saturated rings. The summed E-state index contributed by atoms with van der Waals surface area (Å²) in [6, 6.07) is 7.67. The first-order chi connectivity index (χ1) is 12.6. The Kier molecular flexibility index (Phi) is 6.35. The number of rotatable bonds is 6. The molecule has 3 rings (SSSR count). The number of nitrogens with zero attached hydrogens (tertiary/aromatic N) is 2. The van der Waals surface area contributed by atoms with Crippen LogP contribution in [0.3, 0.4) is 0 Å². The van der Waals surface area contributed by atoms with Crippen molar-refractivity contribution in [3.8, 4) is 0 Å². The van der Waals surface area contributed by atoms with Crippen LogP contribution in [0.15, 0.2) is 34.2 Å². The Labute approximate surface area is 158 Å². The highest BCUT2D eigenvalue weighted by Gasteiger charge is 2.24. The van der Waals surface area contributed by atoms with Crippen LogP contribution in [0.25, 0.3) is 10.9 Å². The Balaban J connectivity index is 1.99. The second-order valence-electron chi connectivity index (χ2n) is 6.93. The smallest absolute Gasteiger partial charge is 0.262 e. The SMILES string of the molecule is CCCNC(=O)[C@H](C)Sc1nc2ccccc2c(=O)n1C1CCCCC1. The van der Waals surface area contributed by atoms with Gasteiger partial charge < -0.3 is 5.32 Å². The molecule has 1 aliphatic rings. The van der Waals surface area contributed by atoms with Gasteiger partial charge in [0.25, 0.3) is 5.56 Å². The zero-order valence-electron chi connectivity index (χ0n) is 15.5. The van der Waals surface area contributed by atoms with Crippen LogP contribution in [0, 0.1) is 0 Å². The van der Waals surface area contributed by atoms with Gasteiger partial charge in [-0.05, 0) is 38.3 Å². The number of nitrogens with one attached hydrogen (secondary N) is 1. The molecule has 1 aromatic carbocycles. The van der Waals surface area contributed by atoms with Gasteiger partial charge in [-0.25, -0.2) is 4.98 Å². The Morgan fingerprint density at radius 2 is 2.04 bits per heavy atom. The van der Waals surface area contributed by atoms with Crippen molar-refractivity contribution in [1.29, 1.82) is 0 Å². The van der Waals surface area contributed by atoms with E-state index in [9.17, 15) is 9.59 Å². The number of benzene rings is 1. The van der Waals surface area contributed by atoms with Gasteiger partial charge in [-0.1, -0.05) is 50.1 Å². The minimum absolute atomic E-state index is 0.00514. The third-order valence-electron chi connectivity index (χ3n) is 4.92. The first-order valence-corrected chi connectivity index (χ1v) is 10.5. The van der Waals surface area contributed by atoms with Gasteiger partial charge in [0.1, 0.15) is 0 Å². The first-order valence-electron chi connectivity index (χ1n) is 9.57. The van der Waals surface area contributed by atoms with E-state index in [-0.39, 0.29) is 22.8 Å². The molecule has 1 N–H and O–H groups in total. The molecule has 0 aliphatic heterocycles. The number of fused-ring (bicyclic) bond motifs is 1. The molecule has 140 valence electrons. The van der Waals surface area contributed by atoms with Crippen molar-refractivity contribution in [2.75, 3.05) is 6.54 Å². The molecular formula is C20H27N3O2S. The molecule has 1 atom stereocenters. The summed E-state index contributed by atoms with van der Waals surface area (Å²) in [6.07, 6.45) is 6.42. The maximum atomic E-state index is 13.2. The van der Waals surface area contributed by atoms with Gasteiger partial charge >= 0.3 is 0 Å². The molecule has 0 unspecified atom stereocenters. The highest BCUT2D eigenvalue weighted by atomic mass is 32.2. The van der Waals surface area contributed by atoms with Crippen molar-refractivity contribution in [2.45, 2.75) is 68.8 Å². The van der Waals surface area contributed by atoms with Crippen molar-refractivity contribution in [2.24, 2.45) is 0 Å². The zero-order valence-corrected chi connectivity index (χ0v) is 16.3. The summed E-state index contributed by atoms with van der Waals surface area (Å²) in [5, 5.41) is 3.96. The third-order valence-corrected chi connectivity index (χ3v) is 5.98. The summed E-state index contributed by atoms with van der Waals surface area (Å²) in [5.74, 6) is -0.00514. The fourth-order valence-corrected chi connectivity index (χ4v) is 4.48. The topological polar surface area (TPSA) is 64.0 Å². The first kappa shape index (κ1) is 19.0. The fraction of sp³-hybridized carbons (Fsp3) is 0.550. The largest absolute Gasteiger partial charge is 0.355 e. The van der Waals surface area contributed by atoms with Crippen molar-refractivity contribution in [3.63, 3.8) is 0 Å². The van der Waals surface area contributed by atoms with Crippen molar-refractivity contribution in [3.05, 3.63) is 34.6 Å². The van der Waals surface area contributed by atoms with Gasteiger partial charge in [-0.2, -0.15) is 0 Å². The standard InChI is InChI=1S/C20H27N3O2S/c1-3-13-21-18(24)14(2)26-20-22-17-12-8-7-11-16(17)19(25)23(20)15-9-5-4-6-10-15/h7-8,11-12,14-15H,3-6,9-10,13H2,1-2H3,(H,21,24)/t14-/m0/s1. The second kappa shape index (κ2) is 8.71. The quantitative estimate of drug-likeness (QED) is 0.616. The molecule has 1 amide bonds. The van der Waals surface area contributed by atoms with E-state index in [4.69, 9.17) is 4.98 Å². The molecule has 6 heteroatoms. The van der Waals surface area contributed by atoms with E-state index in [1.54, 1.807) is 0 Å². The van der Waals surface area contributed by atoms with Gasteiger partial charge in [0.2, 0.25) is 5.91 Å². The highest BCUT2D eigenvalue weighted by Crippen LogP contribution is 2.32. The maximum absolute atomic E-state index is 13.2. The summed E-state index contributed by atoms with van der Waals surface area (Å²) < 4.78 is 1.86. The average molecular weight is 374 g/mol. The van der Waals surface area contributed by atoms with Crippen LogP contribution < -0.4 is 10.9 Å². The molecule has 1 saturated carbocycles. The Bertz CT molecular complexity index is 827. The van der Waals surface area contributed by atoms with Gasteiger partial charge in [0, 0.05) is 12.6 Å². The molecule has 0 radical (unpaired) electrons. The summed E-state index contributed by atoms with van der Waals surface area (Å²) in [5.41, 5.74) is 0.722. The van der Waals surface area contributed by atoms with E-state index in [1.807, 2.05) is 42.7 Å². The second-order valence-corrected chi connectivity index (χ2v) is 8.24. The van der Waals surface area contributed by atoms with Crippen LogP contribution in [-0.2, 0) is 4.79 Å². The van der Waals surface area contributed by atoms with Crippen LogP contribution in [0.1, 0.15) is 58.4 Å². The number of para-hydroxylation sites is 1. The molecule has 5 nitrogen and oxygen atoms in total. The van der Waals surface area contributed by atoms with E-state index in [2.05, 4.69) is 5.32 Å². The molecule has 26 heavy (non-hydrogen) atoms. The lowest BCUT2D eigenvalue weighted by atomic mass is 9.95. The Morgan fingerprint density at radius 3 is 2.77 bits per heavy atom. The monoisotopic (exact) mass is 373 g/mol. The minimum atomic E-state index is -0.288. The molecule has 2 aromatic rings. The van der Waals surface area contributed by atoms with Crippen LogP contribution in [0.2, 0.25) is 0 Å². The lowest BCUT2D eigenvalue weighted by Gasteiger charge is -2.26. The average Bonchev–Trinajstić information content (AvgIpc) is 2.67. The van der Waals surface area contributed by atoms with Crippen molar-refractivity contribution in [1.82, 2.24) is 14.9 Å². The van der Waals surface area contributed by atoms with E-state index < -0.39 is 0 Å². The highest BCUT2D eigenvalue weighted by molar-refractivity contribution is 8.00. The number of amides is 1. The lowest BCUT2D eigenvalue weighted by Crippen LogP contribution is -2.33. The van der Waals surface area contributed by atoms with Gasteiger partial charge in [-0.3, -0.25) is 14.2 Å². The predicted octanol–water partition coefficient (Wildman–Crippen LogP) is 3.91. The molecule has 1 heterocycles. The van der Waals surface area contributed by atoms with E-state index in [0.29, 0.717) is 22.6 Å². The van der Waals surface area contributed by atoms with Crippen molar-refractivity contribution < 1.29 is 4.79 Å². The number of aromatic nitrogens is 2. The molecule has 0 spiro atoms. The Hall–Kier alpha value is -1.82. The number of thioether (sulfide) groups is 1. The summed E-state index contributed by atoms with van der Waals surface area (Å²) in [4.78, 5) is 30.2. The third kappa shape index (κ3) is 4.11. The number of carbonyl (C=O) groups excluding carboxylic acids is 1. The predicted molar refractivity (Wildman–Crippen MR) is 107 cm³/mol. The van der Waals surface area contributed by atoms with Gasteiger partial charge in [0.15, 0.2) is 5.16 Å². The van der Waals surface area contributed by atoms with Crippen LogP contribution in [0.5, 0.6) is 0 Å². The van der Waals surface area contributed by atoms with Crippen molar-refractivity contribution >= 4 is 28.6 Å². The zero-order chi connectivity index (χ0) is 18.5. The van der Waals surface area contributed by atoms with Crippen LogP contribution in [-0.4, -0.2) is 27.3 Å². The van der Waals surface area contributed by atoms with E-state index >= 15 is 0 Å². The van der Waals surface area contributed by atoms with Gasteiger partial charge in [-0.15, -0.1) is 0 Å². The minimum Gasteiger partial charge on any atom is -0.355 e. The molecule has 1 aliphatic carbocycles. The lowest BCUT2D eigenvalue weighted by molar-refractivity contribution is -0.120. The summed E-state index contributed by atoms with van der Waals surface area (Å²) in [6.45, 7) is 4.58. The Morgan fingerprint density at radius 1 is 1.31 bits per heavy atom. The molecule has 0 saturated heterocycles. The normalized spacial score (nSPS) is 16.5. The van der Waals surface area contributed by atoms with E-state index in [0.717, 1.165) is 32.1 Å². The number of hydrogen-bond acceptors (Lipinski definition) is 4. The molecule has 1 aromatic heterocycles. The van der Waals surface area contributed by atoms with Crippen LogP contribution in [0.4, 0.5) is 0 Å². The number of hydrogen-bond donors (Lipinski definition) is 1. The van der Waals surface area contributed by atoms with E-state index in [1.165, 1.54) is 18.2 Å². The molecule has 0 bridgehead atoms. The fourth-order valence-electron chi connectivity index (χ4n) is 3.47.